The first-order valence-electron chi connectivity index (χ1n) is 11.8. The van der Waals surface area contributed by atoms with E-state index in [1.54, 1.807) is 22.9 Å². The van der Waals surface area contributed by atoms with Crippen LogP contribution >= 0.6 is 0 Å². The number of hydrogen-bond acceptors (Lipinski definition) is 4. The zero-order valence-electron chi connectivity index (χ0n) is 20.2. The maximum atomic E-state index is 13.5. The first-order chi connectivity index (χ1) is 17.1. The van der Waals surface area contributed by atoms with Gasteiger partial charge in [-0.05, 0) is 49.6 Å². The number of carbonyl (C=O) groups excluding carboxylic acids is 2. The van der Waals surface area contributed by atoms with Crippen molar-refractivity contribution < 1.29 is 22.8 Å². The van der Waals surface area contributed by atoms with Gasteiger partial charge in [0, 0.05) is 50.0 Å². The minimum atomic E-state index is -4.66. The third-order valence-corrected chi connectivity index (χ3v) is 7.44. The normalized spacial score (nSPS) is 19.2. The summed E-state index contributed by atoms with van der Waals surface area (Å²) in [5.41, 5.74) is 0.113. The smallest absolute Gasteiger partial charge is 0.370 e. The fraction of sp³-hybridized carbons (Fsp3) is 0.423. The highest BCUT2D eigenvalue weighted by Gasteiger charge is 2.51. The zero-order chi connectivity index (χ0) is 26.1. The summed E-state index contributed by atoms with van der Waals surface area (Å²) in [5, 5.41) is 14.7. The van der Waals surface area contributed by atoms with Crippen molar-refractivity contribution >= 4 is 23.3 Å². The highest BCUT2D eigenvalue weighted by Crippen LogP contribution is 2.47. The Balaban J connectivity index is 1.53. The maximum Gasteiger partial charge on any atom is 0.417 e. The van der Waals surface area contributed by atoms with Crippen molar-refractivity contribution in [2.24, 2.45) is 11.3 Å². The lowest BCUT2D eigenvalue weighted by Crippen LogP contribution is -2.50. The molecule has 1 spiro atoms. The molecule has 36 heavy (non-hydrogen) atoms. The first kappa shape index (κ1) is 25.4. The average Bonchev–Trinajstić information content (AvgIpc) is 3.23. The molecule has 0 aliphatic carbocycles. The molecule has 2 N–H and O–H groups in total. The van der Waals surface area contributed by atoms with Gasteiger partial charge in [-0.2, -0.15) is 18.4 Å². The number of aryl methyl sites for hydroxylation is 1. The molecule has 190 valence electrons. The van der Waals surface area contributed by atoms with Gasteiger partial charge in [0.15, 0.2) is 0 Å². The van der Waals surface area contributed by atoms with Crippen LogP contribution in [0.1, 0.15) is 29.5 Å². The number of carbonyl (C=O) groups is 2. The van der Waals surface area contributed by atoms with Crippen LogP contribution in [0.2, 0.25) is 0 Å². The number of likely N-dealkylation sites (tertiary alicyclic amines) is 1. The van der Waals surface area contributed by atoms with Crippen molar-refractivity contribution in [2.45, 2.75) is 25.9 Å². The quantitative estimate of drug-likeness (QED) is 0.656. The molecule has 2 heterocycles. The second-order valence-electron chi connectivity index (χ2n) is 9.48. The molecular formula is C26H28F3N5O2. The molecule has 2 aliphatic heterocycles. The highest BCUT2D eigenvalue weighted by molar-refractivity contribution is 5.90. The average molecular weight is 500 g/mol. The Morgan fingerprint density at radius 1 is 1.14 bits per heavy atom. The zero-order valence-corrected chi connectivity index (χ0v) is 20.2. The molecule has 2 saturated heterocycles. The minimum absolute atomic E-state index is 0.167. The number of nitrogens with zero attached hydrogens (tertiary/aromatic N) is 3. The number of para-hydroxylation sites is 1. The van der Waals surface area contributed by atoms with Crippen LogP contribution in [0.15, 0.2) is 42.5 Å². The molecule has 2 aromatic rings. The molecule has 0 saturated carbocycles. The number of benzene rings is 2. The molecule has 0 radical (unpaired) electrons. The molecule has 7 nitrogen and oxygen atoms in total. The van der Waals surface area contributed by atoms with E-state index < -0.39 is 28.6 Å². The number of nitrogens with one attached hydrogen (secondary N) is 2. The van der Waals surface area contributed by atoms with Gasteiger partial charge in [0.25, 0.3) is 0 Å². The van der Waals surface area contributed by atoms with Crippen LogP contribution in [-0.2, 0) is 11.0 Å². The number of nitriles is 1. The van der Waals surface area contributed by atoms with Crippen LogP contribution in [-0.4, -0.2) is 50.1 Å². The van der Waals surface area contributed by atoms with Crippen molar-refractivity contribution in [1.29, 1.82) is 5.26 Å². The van der Waals surface area contributed by atoms with E-state index in [0.29, 0.717) is 38.2 Å². The van der Waals surface area contributed by atoms with Gasteiger partial charge >= 0.3 is 12.2 Å². The van der Waals surface area contributed by atoms with Gasteiger partial charge in [-0.25, -0.2) is 4.79 Å². The van der Waals surface area contributed by atoms with Crippen molar-refractivity contribution in [1.82, 2.24) is 10.2 Å². The number of alkyl halides is 3. The van der Waals surface area contributed by atoms with Crippen molar-refractivity contribution in [2.75, 3.05) is 43.4 Å². The number of amides is 3. The van der Waals surface area contributed by atoms with E-state index >= 15 is 0 Å². The monoisotopic (exact) mass is 499 g/mol. The Morgan fingerprint density at radius 2 is 1.83 bits per heavy atom. The number of piperidine rings is 1. The van der Waals surface area contributed by atoms with Gasteiger partial charge in [-0.15, -0.1) is 0 Å². The van der Waals surface area contributed by atoms with Gasteiger partial charge in [0.05, 0.1) is 23.1 Å². The third-order valence-electron chi connectivity index (χ3n) is 7.44. The number of anilines is 2. The van der Waals surface area contributed by atoms with Crippen molar-refractivity contribution in [3.05, 3.63) is 59.2 Å². The topological polar surface area (TPSA) is 88.5 Å². The van der Waals surface area contributed by atoms with E-state index in [1.165, 1.54) is 12.1 Å². The molecule has 2 fully saturated rings. The Labute approximate surface area is 207 Å². The molecule has 0 aromatic heterocycles. The number of rotatable bonds is 3. The standard InChI is InChI=1S/C26H28F3N5O2/c1-17-5-3-4-6-22(17)32-24(36)33-11-9-25(10-12-33)16-34(15-21(25)23(35)31-2)19-8-7-18(14-30)20(13-19)26(27,28)29/h3-8,13,21H,9-12,15-16H2,1-2H3,(H,31,35)(H,32,36). The van der Waals surface area contributed by atoms with E-state index in [9.17, 15) is 22.8 Å². The summed E-state index contributed by atoms with van der Waals surface area (Å²) in [6.45, 7) is 3.43. The Kier molecular flexibility index (Phi) is 6.85. The summed E-state index contributed by atoms with van der Waals surface area (Å²) in [7, 11) is 1.55. The molecule has 2 aromatic carbocycles. The Bertz CT molecular complexity index is 1200. The lowest BCUT2D eigenvalue weighted by molar-refractivity contribution is -0.137. The van der Waals surface area contributed by atoms with Crippen LogP contribution in [0.4, 0.5) is 29.3 Å². The molecule has 10 heteroatoms. The van der Waals surface area contributed by atoms with Gasteiger partial charge in [-0.1, -0.05) is 18.2 Å². The molecule has 4 rings (SSSR count). The van der Waals surface area contributed by atoms with E-state index in [-0.39, 0.29) is 18.5 Å². The minimum Gasteiger partial charge on any atom is -0.370 e. The molecule has 1 unspecified atom stereocenters. The van der Waals surface area contributed by atoms with Gasteiger partial charge in [0.2, 0.25) is 5.91 Å². The lowest BCUT2D eigenvalue weighted by Gasteiger charge is -2.42. The Hall–Kier alpha value is -3.74. The van der Waals surface area contributed by atoms with Crippen LogP contribution in [0.5, 0.6) is 0 Å². The second-order valence-corrected chi connectivity index (χ2v) is 9.48. The molecular weight excluding hydrogens is 471 g/mol. The summed E-state index contributed by atoms with van der Waals surface area (Å²) >= 11 is 0. The largest absolute Gasteiger partial charge is 0.417 e. The lowest BCUT2D eigenvalue weighted by atomic mass is 9.70. The summed E-state index contributed by atoms with van der Waals surface area (Å²) in [6.07, 6.45) is -3.56. The summed E-state index contributed by atoms with van der Waals surface area (Å²) in [4.78, 5) is 29.2. The molecule has 3 amide bonds. The van der Waals surface area contributed by atoms with Gasteiger partial charge in [0.1, 0.15) is 0 Å². The Morgan fingerprint density at radius 3 is 2.44 bits per heavy atom. The van der Waals surface area contributed by atoms with E-state index in [1.807, 2.05) is 31.2 Å². The van der Waals surface area contributed by atoms with Crippen LogP contribution in [0.3, 0.4) is 0 Å². The second kappa shape index (κ2) is 9.72. The number of urea groups is 1. The van der Waals surface area contributed by atoms with Gasteiger partial charge < -0.3 is 20.4 Å². The summed E-state index contributed by atoms with van der Waals surface area (Å²) in [6, 6.07) is 12.5. The fourth-order valence-electron chi connectivity index (χ4n) is 5.33. The summed E-state index contributed by atoms with van der Waals surface area (Å²) < 4.78 is 40.6. The van der Waals surface area contributed by atoms with E-state index in [2.05, 4.69) is 10.6 Å². The predicted molar refractivity (Wildman–Crippen MR) is 129 cm³/mol. The molecule has 2 aliphatic rings. The van der Waals surface area contributed by atoms with Crippen LogP contribution in [0, 0.1) is 29.6 Å². The van der Waals surface area contributed by atoms with E-state index in [4.69, 9.17) is 5.26 Å². The number of hydrogen-bond donors (Lipinski definition) is 2. The third kappa shape index (κ3) is 4.83. The molecule has 1 atom stereocenters. The fourth-order valence-corrected chi connectivity index (χ4v) is 5.33. The van der Waals surface area contributed by atoms with Crippen molar-refractivity contribution in [3.8, 4) is 6.07 Å². The van der Waals surface area contributed by atoms with Crippen molar-refractivity contribution in [3.63, 3.8) is 0 Å². The first-order valence-corrected chi connectivity index (χ1v) is 11.8. The SMILES string of the molecule is CNC(=O)C1CN(c2ccc(C#N)c(C(F)(F)F)c2)CC12CCN(C(=O)Nc1ccccc1C)CC2. The number of halogens is 3. The summed E-state index contributed by atoms with van der Waals surface area (Å²) in [5.74, 6) is -0.603. The maximum absolute atomic E-state index is 13.5. The highest BCUT2D eigenvalue weighted by atomic mass is 19.4. The van der Waals surface area contributed by atoms with Gasteiger partial charge in [-0.3, -0.25) is 4.79 Å². The van der Waals surface area contributed by atoms with E-state index in [0.717, 1.165) is 17.3 Å². The molecule has 0 bridgehead atoms. The van der Waals surface area contributed by atoms with Crippen LogP contribution in [0.25, 0.3) is 0 Å². The predicted octanol–water partition coefficient (Wildman–Crippen LogP) is 4.38. The van der Waals surface area contributed by atoms with Crippen LogP contribution < -0.4 is 15.5 Å².